The molecule has 6 heteroatoms. The van der Waals surface area contributed by atoms with Crippen LogP contribution in [0.4, 0.5) is 5.69 Å². The lowest BCUT2D eigenvalue weighted by Crippen LogP contribution is -2.09. The number of nitrogens with one attached hydrogen (secondary N) is 1. The Hall–Kier alpha value is -1.43. The van der Waals surface area contributed by atoms with E-state index in [2.05, 4.69) is 9.71 Å². The van der Waals surface area contributed by atoms with Crippen LogP contribution in [0.2, 0.25) is 0 Å². The third-order valence-corrected chi connectivity index (χ3v) is 1.81. The smallest absolute Gasteiger partial charge is 0.229 e. The number of aromatic nitrogens is 1. The first-order valence-corrected chi connectivity index (χ1v) is 5.28. The second-order valence-electron chi connectivity index (χ2n) is 2.50. The second kappa shape index (κ2) is 3.53. The molecule has 0 spiro atoms. The first-order valence-electron chi connectivity index (χ1n) is 3.39. The normalized spacial score (nSPS) is 10.8. The number of sulfonamides is 1. The Kier molecular flexibility index (Phi) is 2.62. The van der Waals surface area contributed by atoms with Crippen LogP contribution in [0, 0.1) is 0 Å². The predicted octanol–water partition coefficient (Wildman–Crippen LogP) is 0.266. The summed E-state index contributed by atoms with van der Waals surface area (Å²) in [6, 6.07) is 1.40. The molecule has 0 atom stereocenters. The molecule has 5 nitrogen and oxygen atoms in total. The minimum absolute atomic E-state index is 0.284. The lowest BCUT2D eigenvalue weighted by molar-refractivity contribution is 0.112. The van der Waals surface area contributed by atoms with Gasteiger partial charge in [-0.1, -0.05) is 0 Å². The molecule has 70 valence electrons. The number of carbonyl (C=O) groups is 1. The summed E-state index contributed by atoms with van der Waals surface area (Å²) >= 11 is 0. The van der Waals surface area contributed by atoms with Crippen molar-refractivity contribution >= 4 is 22.0 Å². The average molecular weight is 200 g/mol. The molecule has 0 saturated carbocycles. The fraction of sp³-hybridized carbons (Fsp3) is 0.143. The average Bonchev–Trinajstić information content (AvgIpc) is 2.01. The van der Waals surface area contributed by atoms with E-state index in [1.165, 1.54) is 18.5 Å². The summed E-state index contributed by atoms with van der Waals surface area (Å²) in [4.78, 5) is 14.0. The van der Waals surface area contributed by atoms with Crippen LogP contribution in [-0.4, -0.2) is 25.9 Å². The summed E-state index contributed by atoms with van der Waals surface area (Å²) in [6.07, 6.45) is 4.30. The van der Waals surface area contributed by atoms with Crippen LogP contribution >= 0.6 is 0 Å². The molecule has 0 unspecified atom stereocenters. The molecule has 0 aliphatic heterocycles. The van der Waals surface area contributed by atoms with E-state index in [-0.39, 0.29) is 5.69 Å². The molecule has 0 aliphatic carbocycles. The van der Waals surface area contributed by atoms with Crippen molar-refractivity contribution in [3.05, 3.63) is 24.0 Å². The lowest BCUT2D eigenvalue weighted by Gasteiger charge is -2.02. The Morgan fingerprint density at radius 2 is 2.15 bits per heavy atom. The van der Waals surface area contributed by atoms with Crippen molar-refractivity contribution in [2.75, 3.05) is 11.0 Å². The number of rotatable bonds is 3. The molecular formula is C7H8N2O3S. The van der Waals surface area contributed by atoms with Crippen molar-refractivity contribution in [3.8, 4) is 0 Å². The zero-order chi connectivity index (χ0) is 9.90. The quantitative estimate of drug-likeness (QED) is 0.710. The van der Waals surface area contributed by atoms with Gasteiger partial charge in [0.15, 0.2) is 6.29 Å². The van der Waals surface area contributed by atoms with Crippen LogP contribution in [0.25, 0.3) is 0 Å². The van der Waals surface area contributed by atoms with Crippen LogP contribution in [0.1, 0.15) is 10.4 Å². The number of carbonyl (C=O) groups excluding carboxylic acids is 1. The summed E-state index contributed by atoms with van der Waals surface area (Å²) in [5.41, 5.74) is 0.612. The topological polar surface area (TPSA) is 76.1 Å². The van der Waals surface area contributed by atoms with Gasteiger partial charge in [-0.3, -0.25) is 14.5 Å². The van der Waals surface area contributed by atoms with Crippen LogP contribution in [0.3, 0.4) is 0 Å². The van der Waals surface area contributed by atoms with E-state index in [4.69, 9.17) is 0 Å². The summed E-state index contributed by atoms with van der Waals surface area (Å²) in [6.45, 7) is 0. The highest BCUT2D eigenvalue weighted by Crippen LogP contribution is 2.07. The van der Waals surface area contributed by atoms with Gasteiger partial charge in [-0.15, -0.1) is 0 Å². The van der Waals surface area contributed by atoms with Gasteiger partial charge in [0, 0.05) is 11.8 Å². The molecule has 0 aliphatic rings. The minimum atomic E-state index is -3.31. The Labute approximate surface area is 75.9 Å². The van der Waals surface area contributed by atoms with Gasteiger partial charge in [-0.05, 0) is 6.07 Å². The van der Waals surface area contributed by atoms with E-state index >= 15 is 0 Å². The Bertz CT molecular complexity index is 414. The van der Waals surface area contributed by atoms with Crippen molar-refractivity contribution in [2.45, 2.75) is 0 Å². The molecule has 13 heavy (non-hydrogen) atoms. The molecule has 1 rings (SSSR count). The number of hydrogen-bond donors (Lipinski definition) is 1. The fourth-order valence-electron chi connectivity index (χ4n) is 0.792. The second-order valence-corrected chi connectivity index (χ2v) is 4.25. The minimum Gasteiger partial charge on any atom is -0.298 e. The predicted molar refractivity (Wildman–Crippen MR) is 48.1 cm³/mol. The third-order valence-electron chi connectivity index (χ3n) is 1.20. The van der Waals surface area contributed by atoms with Crippen molar-refractivity contribution in [2.24, 2.45) is 0 Å². The molecule has 0 aromatic carbocycles. The van der Waals surface area contributed by atoms with E-state index < -0.39 is 10.0 Å². The highest BCUT2D eigenvalue weighted by molar-refractivity contribution is 7.92. The van der Waals surface area contributed by atoms with Gasteiger partial charge < -0.3 is 0 Å². The van der Waals surface area contributed by atoms with Crippen molar-refractivity contribution in [1.82, 2.24) is 4.98 Å². The molecule has 0 bridgehead atoms. The Morgan fingerprint density at radius 3 is 2.69 bits per heavy atom. The van der Waals surface area contributed by atoms with E-state index in [0.717, 1.165) is 6.26 Å². The van der Waals surface area contributed by atoms with E-state index in [1.807, 2.05) is 0 Å². The highest BCUT2D eigenvalue weighted by atomic mass is 32.2. The Morgan fingerprint density at radius 1 is 1.46 bits per heavy atom. The standard InChI is InChI=1S/C7H8N2O3S/c1-13(11,12)9-7-2-6(5-10)3-8-4-7/h2-5,9H,1H3. The van der Waals surface area contributed by atoms with Gasteiger partial charge in [0.25, 0.3) is 0 Å². The van der Waals surface area contributed by atoms with Crippen LogP contribution < -0.4 is 4.72 Å². The summed E-state index contributed by atoms with van der Waals surface area (Å²) in [5, 5.41) is 0. The van der Waals surface area contributed by atoms with E-state index in [1.54, 1.807) is 0 Å². The monoisotopic (exact) mass is 200 g/mol. The van der Waals surface area contributed by atoms with Gasteiger partial charge in [0.2, 0.25) is 10.0 Å². The maximum absolute atomic E-state index is 10.8. The number of aldehydes is 1. The number of anilines is 1. The maximum Gasteiger partial charge on any atom is 0.229 e. The Balaban J connectivity index is 2.96. The molecule has 0 fully saturated rings. The largest absolute Gasteiger partial charge is 0.298 e. The first kappa shape index (κ1) is 9.66. The molecular weight excluding hydrogens is 192 g/mol. The molecule has 1 N–H and O–H groups in total. The molecule has 0 amide bonds. The van der Waals surface area contributed by atoms with E-state index in [0.29, 0.717) is 11.8 Å². The van der Waals surface area contributed by atoms with Gasteiger partial charge >= 0.3 is 0 Å². The zero-order valence-corrected chi connectivity index (χ0v) is 7.71. The SMILES string of the molecule is CS(=O)(=O)Nc1cncc(C=O)c1. The van der Waals surface area contributed by atoms with Crippen molar-refractivity contribution < 1.29 is 13.2 Å². The van der Waals surface area contributed by atoms with Crippen LogP contribution in [0.15, 0.2) is 18.5 Å². The maximum atomic E-state index is 10.8. The fourth-order valence-corrected chi connectivity index (χ4v) is 1.33. The zero-order valence-electron chi connectivity index (χ0n) is 6.89. The lowest BCUT2D eigenvalue weighted by atomic mass is 10.3. The number of nitrogens with zero attached hydrogens (tertiary/aromatic N) is 1. The molecule has 0 saturated heterocycles. The van der Waals surface area contributed by atoms with Gasteiger partial charge in [0.05, 0.1) is 18.1 Å². The highest BCUT2D eigenvalue weighted by Gasteiger charge is 2.02. The first-order chi connectivity index (χ1) is 6.01. The third kappa shape index (κ3) is 3.20. The molecule has 1 aromatic heterocycles. The molecule has 0 radical (unpaired) electrons. The summed E-state index contributed by atoms with van der Waals surface area (Å²) in [5.74, 6) is 0. The molecule has 1 aromatic rings. The number of pyridine rings is 1. The van der Waals surface area contributed by atoms with Gasteiger partial charge in [-0.25, -0.2) is 8.42 Å². The van der Waals surface area contributed by atoms with Gasteiger partial charge in [-0.2, -0.15) is 0 Å². The molecule has 1 heterocycles. The van der Waals surface area contributed by atoms with Crippen molar-refractivity contribution in [1.29, 1.82) is 0 Å². The number of hydrogen-bond acceptors (Lipinski definition) is 4. The van der Waals surface area contributed by atoms with Gasteiger partial charge in [0.1, 0.15) is 0 Å². The van der Waals surface area contributed by atoms with Crippen molar-refractivity contribution in [3.63, 3.8) is 0 Å². The van der Waals surface area contributed by atoms with Crippen LogP contribution in [0.5, 0.6) is 0 Å². The van der Waals surface area contributed by atoms with Crippen LogP contribution in [-0.2, 0) is 10.0 Å². The van der Waals surface area contributed by atoms with E-state index in [9.17, 15) is 13.2 Å². The summed E-state index contributed by atoms with van der Waals surface area (Å²) < 4.78 is 23.8. The summed E-state index contributed by atoms with van der Waals surface area (Å²) in [7, 11) is -3.31.